The van der Waals surface area contributed by atoms with Gasteiger partial charge in [0.05, 0.1) is 30.9 Å². The molecule has 20 heavy (non-hydrogen) atoms. The Morgan fingerprint density at radius 3 is 2.90 bits per heavy atom. The third-order valence-corrected chi connectivity index (χ3v) is 4.00. The molecule has 1 N–H and O–H groups in total. The number of H-pyrrole nitrogens is 1. The summed E-state index contributed by atoms with van der Waals surface area (Å²) >= 11 is 0. The molecule has 0 spiro atoms. The first-order valence-electron chi connectivity index (χ1n) is 7.22. The Bertz CT molecular complexity index is 512. The number of imidazole rings is 1. The fourth-order valence-corrected chi connectivity index (χ4v) is 2.70. The van der Waals surface area contributed by atoms with Crippen molar-refractivity contribution in [2.45, 2.75) is 32.1 Å². The van der Waals surface area contributed by atoms with Gasteiger partial charge in [-0.1, -0.05) is 0 Å². The lowest BCUT2D eigenvalue weighted by Gasteiger charge is -2.31. The first-order chi connectivity index (χ1) is 9.81. The maximum Gasteiger partial charge on any atom is 0.0922 e. The highest BCUT2D eigenvalue weighted by molar-refractivity contribution is 5.06. The van der Waals surface area contributed by atoms with Crippen LogP contribution < -0.4 is 0 Å². The third-order valence-electron chi connectivity index (χ3n) is 4.00. The molecule has 2 aromatic heterocycles. The number of hydrogen-bond acceptors (Lipinski definition) is 3. The van der Waals surface area contributed by atoms with E-state index in [1.807, 2.05) is 6.20 Å². The van der Waals surface area contributed by atoms with Gasteiger partial charge in [0.15, 0.2) is 0 Å². The number of piperidine rings is 1. The third kappa shape index (κ3) is 3.29. The van der Waals surface area contributed by atoms with E-state index in [9.17, 15) is 0 Å². The molecule has 2 aromatic rings. The van der Waals surface area contributed by atoms with E-state index in [-0.39, 0.29) is 0 Å². The van der Waals surface area contributed by atoms with Crippen molar-refractivity contribution in [1.82, 2.24) is 19.4 Å². The van der Waals surface area contributed by atoms with Crippen molar-refractivity contribution in [3.8, 4) is 0 Å². The number of ether oxygens (including phenoxy) is 1. The van der Waals surface area contributed by atoms with Gasteiger partial charge in [-0.3, -0.25) is 4.90 Å². The molecule has 0 unspecified atom stereocenters. The van der Waals surface area contributed by atoms with Crippen molar-refractivity contribution >= 4 is 0 Å². The van der Waals surface area contributed by atoms with Gasteiger partial charge in [-0.25, -0.2) is 4.98 Å². The van der Waals surface area contributed by atoms with E-state index in [1.54, 1.807) is 6.33 Å². The topological polar surface area (TPSA) is 46.1 Å². The fourth-order valence-electron chi connectivity index (χ4n) is 2.70. The van der Waals surface area contributed by atoms with Crippen molar-refractivity contribution in [2.24, 2.45) is 7.05 Å². The predicted molar refractivity (Wildman–Crippen MR) is 77.1 cm³/mol. The maximum atomic E-state index is 5.93. The second-order valence-corrected chi connectivity index (χ2v) is 5.47. The van der Waals surface area contributed by atoms with Crippen molar-refractivity contribution in [3.05, 3.63) is 42.2 Å². The number of aryl methyl sites for hydroxylation is 1. The summed E-state index contributed by atoms with van der Waals surface area (Å²) in [7, 11) is 2.11. The molecule has 5 heteroatoms. The first-order valence-corrected chi connectivity index (χ1v) is 7.22. The van der Waals surface area contributed by atoms with Gasteiger partial charge in [0.1, 0.15) is 0 Å². The molecular weight excluding hydrogens is 252 g/mol. The summed E-state index contributed by atoms with van der Waals surface area (Å²) in [5, 5.41) is 0. The molecule has 108 valence electrons. The van der Waals surface area contributed by atoms with Gasteiger partial charge in [-0.2, -0.15) is 0 Å². The monoisotopic (exact) mass is 274 g/mol. The van der Waals surface area contributed by atoms with E-state index in [2.05, 4.69) is 44.8 Å². The van der Waals surface area contributed by atoms with Gasteiger partial charge < -0.3 is 14.3 Å². The van der Waals surface area contributed by atoms with E-state index in [0.717, 1.165) is 38.2 Å². The summed E-state index contributed by atoms with van der Waals surface area (Å²) in [6.45, 7) is 3.90. The van der Waals surface area contributed by atoms with Gasteiger partial charge in [-0.05, 0) is 25.0 Å². The van der Waals surface area contributed by atoms with Gasteiger partial charge in [0, 0.05) is 38.6 Å². The quantitative estimate of drug-likeness (QED) is 0.906. The zero-order valence-corrected chi connectivity index (χ0v) is 12.0. The lowest BCUT2D eigenvalue weighted by molar-refractivity contribution is -0.00543. The van der Waals surface area contributed by atoms with Crippen LogP contribution in [0.4, 0.5) is 0 Å². The van der Waals surface area contributed by atoms with Gasteiger partial charge in [0.25, 0.3) is 0 Å². The number of likely N-dealkylation sites (tertiary alicyclic amines) is 1. The summed E-state index contributed by atoms with van der Waals surface area (Å²) in [4.78, 5) is 9.58. The van der Waals surface area contributed by atoms with Crippen LogP contribution in [0.3, 0.4) is 0 Å². The summed E-state index contributed by atoms with van der Waals surface area (Å²) in [6, 6.07) is 4.30. The largest absolute Gasteiger partial charge is 0.372 e. The molecule has 5 nitrogen and oxygen atoms in total. The highest BCUT2D eigenvalue weighted by Crippen LogP contribution is 2.17. The summed E-state index contributed by atoms with van der Waals surface area (Å²) in [5.74, 6) is 0. The molecule has 3 heterocycles. The molecule has 0 saturated carbocycles. The molecule has 0 bridgehead atoms. The Hall–Kier alpha value is -1.59. The standard InChI is InChI=1S/C15H22N4O/c1-18-6-2-3-14(18)10-19-7-4-15(5-8-19)20-11-13-9-16-12-17-13/h2-3,6,9,12,15H,4-5,7-8,10-11H2,1H3,(H,16,17). The van der Waals surface area contributed by atoms with E-state index < -0.39 is 0 Å². The van der Waals surface area contributed by atoms with E-state index in [4.69, 9.17) is 4.74 Å². The van der Waals surface area contributed by atoms with Crippen LogP contribution in [0.15, 0.2) is 30.9 Å². The minimum absolute atomic E-state index is 0.378. The Kier molecular flexibility index (Phi) is 4.18. The van der Waals surface area contributed by atoms with Gasteiger partial charge >= 0.3 is 0 Å². The molecule has 0 aromatic carbocycles. The van der Waals surface area contributed by atoms with Crippen LogP contribution in [0, 0.1) is 0 Å². The Morgan fingerprint density at radius 2 is 2.25 bits per heavy atom. The smallest absolute Gasteiger partial charge is 0.0922 e. The fraction of sp³-hybridized carbons (Fsp3) is 0.533. The van der Waals surface area contributed by atoms with Crippen LogP contribution in [-0.2, 0) is 24.9 Å². The highest BCUT2D eigenvalue weighted by atomic mass is 16.5. The number of nitrogens with zero attached hydrogens (tertiary/aromatic N) is 3. The summed E-state index contributed by atoms with van der Waals surface area (Å²) < 4.78 is 8.13. The number of aromatic amines is 1. The molecule has 0 aliphatic carbocycles. The molecule has 1 fully saturated rings. The normalized spacial score (nSPS) is 17.6. The molecule has 0 radical (unpaired) electrons. The number of hydrogen-bond donors (Lipinski definition) is 1. The lowest BCUT2D eigenvalue weighted by atomic mass is 10.1. The predicted octanol–water partition coefficient (Wildman–Crippen LogP) is 1.93. The number of aromatic nitrogens is 3. The van der Waals surface area contributed by atoms with E-state index in [1.165, 1.54) is 5.69 Å². The van der Waals surface area contributed by atoms with Crippen LogP contribution in [0.1, 0.15) is 24.2 Å². The van der Waals surface area contributed by atoms with Gasteiger partial charge in [0.2, 0.25) is 0 Å². The average Bonchev–Trinajstić information content (AvgIpc) is 3.11. The molecule has 1 aliphatic rings. The summed E-state index contributed by atoms with van der Waals surface area (Å²) in [5.41, 5.74) is 2.43. The summed E-state index contributed by atoms with van der Waals surface area (Å²) in [6.07, 6.45) is 8.22. The lowest BCUT2D eigenvalue weighted by Crippen LogP contribution is -2.36. The van der Waals surface area contributed by atoms with Crippen LogP contribution in [0.2, 0.25) is 0 Å². The number of rotatable bonds is 5. The van der Waals surface area contributed by atoms with Crippen molar-refractivity contribution < 1.29 is 4.74 Å². The van der Waals surface area contributed by atoms with Crippen LogP contribution >= 0.6 is 0 Å². The SMILES string of the molecule is Cn1cccc1CN1CCC(OCc2cnc[nH]2)CC1. The van der Waals surface area contributed by atoms with E-state index in [0.29, 0.717) is 12.7 Å². The van der Waals surface area contributed by atoms with Crippen LogP contribution in [0.25, 0.3) is 0 Å². The molecule has 1 saturated heterocycles. The minimum Gasteiger partial charge on any atom is -0.372 e. The van der Waals surface area contributed by atoms with Crippen molar-refractivity contribution in [2.75, 3.05) is 13.1 Å². The highest BCUT2D eigenvalue weighted by Gasteiger charge is 2.20. The van der Waals surface area contributed by atoms with E-state index >= 15 is 0 Å². The maximum absolute atomic E-state index is 5.93. The molecule has 0 atom stereocenters. The average molecular weight is 274 g/mol. The van der Waals surface area contributed by atoms with Crippen molar-refractivity contribution in [3.63, 3.8) is 0 Å². The zero-order valence-electron chi connectivity index (χ0n) is 12.0. The zero-order chi connectivity index (χ0) is 13.8. The van der Waals surface area contributed by atoms with Crippen LogP contribution in [0.5, 0.6) is 0 Å². The Morgan fingerprint density at radius 1 is 1.40 bits per heavy atom. The molecule has 3 rings (SSSR count). The van der Waals surface area contributed by atoms with Crippen LogP contribution in [-0.4, -0.2) is 38.6 Å². The van der Waals surface area contributed by atoms with Crippen molar-refractivity contribution in [1.29, 1.82) is 0 Å². The molecule has 1 aliphatic heterocycles. The molecular formula is C15H22N4O. The second kappa shape index (κ2) is 6.24. The first kappa shape index (κ1) is 13.4. The minimum atomic E-state index is 0.378. The Balaban J connectivity index is 1.42. The second-order valence-electron chi connectivity index (χ2n) is 5.47. The van der Waals surface area contributed by atoms with Gasteiger partial charge in [-0.15, -0.1) is 0 Å². The molecule has 0 amide bonds. The Labute approximate surface area is 119 Å². The number of nitrogens with one attached hydrogen (secondary N) is 1.